The van der Waals surface area contributed by atoms with Gasteiger partial charge in [-0.1, -0.05) is 55.5 Å². The number of aromatic amines is 1. The van der Waals surface area contributed by atoms with Crippen LogP contribution < -0.4 is 0 Å². The van der Waals surface area contributed by atoms with Crippen LogP contribution in [-0.4, -0.2) is 26.0 Å². The second kappa shape index (κ2) is 6.51. The third-order valence-corrected chi connectivity index (χ3v) is 4.67. The first kappa shape index (κ1) is 15.6. The standard InChI is InChI=1S/C20H20N4O/c1-2-17(24-13-15-10-6-7-11-16(15)20(24)25)19-21-18(22-23-19)12-14-8-4-3-5-9-14/h3-11,17H,2,12-13H2,1H3,(H,21,22,23). The maximum atomic E-state index is 12.7. The quantitative estimate of drug-likeness (QED) is 0.778. The van der Waals surface area contributed by atoms with Crippen LogP contribution in [0.15, 0.2) is 54.6 Å². The van der Waals surface area contributed by atoms with Crippen LogP contribution in [0.25, 0.3) is 0 Å². The van der Waals surface area contributed by atoms with Crippen molar-refractivity contribution in [3.63, 3.8) is 0 Å². The van der Waals surface area contributed by atoms with Crippen LogP contribution >= 0.6 is 0 Å². The Morgan fingerprint density at radius 2 is 1.88 bits per heavy atom. The molecule has 1 aromatic heterocycles. The molecular formula is C20H20N4O. The molecule has 1 atom stereocenters. The van der Waals surface area contributed by atoms with Crippen molar-refractivity contribution < 1.29 is 4.79 Å². The zero-order chi connectivity index (χ0) is 17.2. The number of carbonyl (C=O) groups is 1. The second-order valence-electron chi connectivity index (χ2n) is 6.32. The summed E-state index contributed by atoms with van der Waals surface area (Å²) in [6.07, 6.45) is 1.49. The van der Waals surface area contributed by atoms with Crippen molar-refractivity contribution >= 4 is 5.91 Å². The van der Waals surface area contributed by atoms with Crippen LogP contribution in [0.3, 0.4) is 0 Å². The van der Waals surface area contributed by atoms with E-state index in [1.165, 1.54) is 5.56 Å². The number of fused-ring (bicyclic) bond motifs is 1. The van der Waals surface area contributed by atoms with Crippen molar-refractivity contribution in [2.24, 2.45) is 0 Å². The first-order valence-electron chi connectivity index (χ1n) is 8.60. The number of nitrogens with one attached hydrogen (secondary N) is 1. The fourth-order valence-corrected chi connectivity index (χ4v) is 3.40. The molecule has 3 aromatic rings. The summed E-state index contributed by atoms with van der Waals surface area (Å²) in [6, 6.07) is 17.8. The summed E-state index contributed by atoms with van der Waals surface area (Å²) < 4.78 is 0. The molecule has 1 unspecified atom stereocenters. The summed E-state index contributed by atoms with van der Waals surface area (Å²) in [6.45, 7) is 2.68. The van der Waals surface area contributed by atoms with Gasteiger partial charge in [-0.05, 0) is 23.6 Å². The number of hydrogen-bond donors (Lipinski definition) is 1. The summed E-state index contributed by atoms with van der Waals surface area (Å²) in [4.78, 5) is 19.3. The Morgan fingerprint density at radius 3 is 2.64 bits per heavy atom. The molecule has 2 aromatic carbocycles. The molecule has 2 heterocycles. The van der Waals surface area contributed by atoms with E-state index in [1.807, 2.05) is 47.4 Å². The number of H-pyrrole nitrogens is 1. The molecule has 1 N–H and O–H groups in total. The Balaban J connectivity index is 1.56. The van der Waals surface area contributed by atoms with Gasteiger partial charge in [0.25, 0.3) is 5.91 Å². The molecule has 0 saturated carbocycles. The minimum absolute atomic E-state index is 0.0665. The predicted molar refractivity (Wildman–Crippen MR) is 95.0 cm³/mol. The van der Waals surface area contributed by atoms with Gasteiger partial charge in [-0.2, -0.15) is 5.10 Å². The Bertz CT molecular complexity index is 887. The highest BCUT2D eigenvalue weighted by Gasteiger charge is 2.34. The monoisotopic (exact) mass is 332 g/mol. The predicted octanol–water partition coefficient (Wildman–Crippen LogP) is 3.50. The summed E-state index contributed by atoms with van der Waals surface area (Å²) >= 11 is 0. The first-order chi connectivity index (χ1) is 12.3. The van der Waals surface area contributed by atoms with Gasteiger partial charge in [-0.15, -0.1) is 0 Å². The van der Waals surface area contributed by atoms with Crippen molar-refractivity contribution in [3.05, 3.63) is 82.9 Å². The molecule has 0 spiro atoms. The van der Waals surface area contributed by atoms with Gasteiger partial charge in [0, 0.05) is 18.5 Å². The van der Waals surface area contributed by atoms with Crippen molar-refractivity contribution in [2.45, 2.75) is 32.4 Å². The Kier molecular flexibility index (Phi) is 4.06. The largest absolute Gasteiger partial charge is 0.324 e. The summed E-state index contributed by atoms with van der Waals surface area (Å²) in [5, 5.41) is 7.42. The van der Waals surface area contributed by atoms with Crippen LogP contribution in [0, 0.1) is 0 Å². The van der Waals surface area contributed by atoms with E-state index < -0.39 is 0 Å². The maximum Gasteiger partial charge on any atom is 0.255 e. The molecule has 1 aliphatic heterocycles. The molecule has 5 heteroatoms. The summed E-state index contributed by atoms with van der Waals surface area (Å²) in [7, 11) is 0. The van der Waals surface area contributed by atoms with E-state index in [-0.39, 0.29) is 11.9 Å². The third kappa shape index (κ3) is 2.93. The van der Waals surface area contributed by atoms with E-state index in [0.717, 1.165) is 23.4 Å². The number of nitrogens with zero attached hydrogens (tertiary/aromatic N) is 3. The molecule has 25 heavy (non-hydrogen) atoms. The lowest BCUT2D eigenvalue weighted by molar-refractivity contribution is 0.0687. The topological polar surface area (TPSA) is 61.9 Å². The second-order valence-corrected chi connectivity index (χ2v) is 6.32. The maximum absolute atomic E-state index is 12.7. The molecule has 0 saturated heterocycles. The van der Waals surface area contributed by atoms with Gasteiger partial charge in [0.15, 0.2) is 5.82 Å². The van der Waals surface area contributed by atoms with E-state index in [9.17, 15) is 4.79 Å². The highest BCUT2D eigenvalue weighted by molar-refractivity contribution is 5.98. The lowest BCUT2D eigenvalue weighted by Crippen LogP contribution is -2.29. The van der Waals surface area contributed by atoms with Gasteiger partial charge in [0.05, 0.1) is 6.04 Å². The van der Waals surface area contributed by atoms with Crippen LogP contribution in [0.1, 0.15) is 52.5 Å². The van der Waals surface area contributed by atoms with Gasteiger partial charge in [0.2, 0.25) is 0 Å². The van der Waals surface area contributed by atoms with Gasteiger partial charge in [-0.25, -0.2) is 4.98 Å². The highest BCUT2D eigenvalue weighted by Crippen LogP contribution is 2.31. The number of benzene rings is 2. The molecule has 1 aliphatic rings. The van der Waals surface area contributed by atoms with Gasteiger partial charge < -0.3 is 4.90 Å². The molecule has 1 amide bonds. The normalized spacial score (nSPS) is 14.6. The van der Waals surface area contributed by atoms with Crippen molar-refractivity contribution in [2.75, 3.05) is 0 Å². The average molecular weight is 332 g/mol. The third-order valence-electron chi connectivity index (χ3n) is 4.67. The van der Waals surface area contributed by atoms with Crippen LogP contribution in [0.2, 0.25) is 0 Å². The minimum atomic E-state index is -0.110. The van der Waals surface area contributed by atoms with E-state index in [1.54, 1.807) is 0 Å². The highest BCUT2D eigenvalue weighted by atomic mass is 16.2. The van der Waals surface area contributed by atoms with Gasteiger partial charge in [-0.3, -0.25) is 9.89 Å². The lowest BCUT2D eigenvalue weighted by Gasteiger charge is -2.24. The number of rotatable bonds is 5. The van der Waals surface area contributed by atoms with Crippen molar-refractivity contribution in [3.8, 4) is 0 Å². The molecule has 0 aliphatic carbocycles. The lowest BCUT2D eigenvalue weighted by atomic mass is 10.1. The molecule has 4 rings (SSSR count). The van der Waals surface area contributed by atoms with Crippen LogP contribution in [0.5, 0.6) is 0 Å². The number of carbonyl (C=O) groups excluding carboxylic acids is 1. The molecule has 0 bridgehead atoms. The zero-order valence-corrected chi connectivity index (χ0v) is 14.1. The molecule has 5 nitrogen and oxygen atoms in total. The van der Waals surface area contributed by atoms with E-state index in [4.69, 9.17) is 0 Å². The Labute approximate surface area is 146 Å². The van der Waals surface area contributed by atoms with Crippen LogP contribution in [-0.2, 0) is 13.0 Å². The Morgan fingerprint density at radius 1 is 1.12 bits per heavy atom. The van der Waals surface area contributed by atoms with E-state index in [2.05, 4.69) is 34.2 Å². The molecule has 126 valence electrons. The number of hydrogen-bond acceptors (Lipinski definition) is 3. The average Bonchev–Trinajstić information content (AvgIpc) is 3.23. The van der Waals surface area contributed by atoms with Crippen LogP contribution in [0.4, 0.5) is 0 Å². The first-order valence-corrected chi connectivity index (χ1v) is 8.60. The Hall–Kier alpha value is -2.95. The smallest absolute Gasteiger partial charge is 0.255 e. The SMILES string of the molecule is CCC(c1n[nH]c(Cc2ccccc2)n1)N1Cc2ccccc2C1=O. The van der Waals surface area contributed by atoms with Crippen molar-refractivity contribution in [1.82, 2.24) is 20.1 Å². The van der Waals surface area contributed by atoms with Crippen molar-refractivity contribution in [1.29, 1.82) is 0 Å². The van der Waals surface area contributed by atoms with E-state index >= 15 is 0 Å². The zero-order valence-electron chi connectivity index (χ0n) is 14.1. The minimum Gasteiger partial charge on any atom is -0.324 e. The number of amides is 1. The molecular weight excluding hydrogens is 312 g/mol. The molecule has 0 radical (unpaired) electrons. The summed E-state index contributed by atoms with van der Waals surface area (Å²) in [5.41, 5.74) is 3.05. The fourth-order valence-electron chi connectivity index (χ4n) is 3.40. The van der Waals surface area contributed by atoms with E-state index in [0.29, 0.717) is 18.8 Å². The number of aromatic nitrogens is 3. The van der Waals surface area contributed by atoms with Gasteiger partial charge in [0.1, 0.15) is 5.82 Å². The van der Waals surface area contributed by atoms with Gasteiger partial charge >= 0.3 is 0 Å². The fraction of sp³-hybridized carbons (Fsp3) is 0.250. The molecule has 0 fully saturated rings. The summed E-state index contributed by atoms with van der Waals surface area (Å²) in [5.74, 6) is 1.58.